The number of benzene rings is 3. The van der Waals surface area contributed by atoms with Gasteiger partial charge in [-0.2, -0.15) is 13.7 Å². The Morgan fingerprint density at radius 1 is 0.894 bits per heavy atom. The first-order chi connectivity index (χ1) is 22.6. The lowest BCUT2D eigenvalue weighted by Crippen LogP contribution is -2.56. The van der Waals surface area contributed by atoms with E-state index < -0.39 is 26.4 Å². The van der Waals surface area contributed by atoms with Gasteiger partial charge in [0, 0.05) is 13.1 Å². The van der Waals surface area contributed by atoms with E-state index in [1.807, 2.05) is 31.2 Å². The van der Waals surface area contributed by atoms with Crippen molar-refractivity contribution in [1.82, 2.24) is 10.2 Å². The normalized spacial score (nSPS) is 27.5. The van der Waals surface area contributed by atoms with Gasteiger partial charge >= 0.3 is 16.1 Å². The van der Waals surface area contributed by atoms with Gasteiger partial charge in [0.2, 0.25) is 10.7 Å². The molecule has 0 unspecified atom stereocenters. The number of amides is 1. The van der Waals surface area contributed by atoms with E-state index in [2.05, 4.69) is 11.4 Å². The first-order valence-corrected chi connectivity index (χ1v) is 17.5. The first-order valence-electron chi connectivity index (χ1n) is 16.1. The molecule has 6 rings (SSSR count). The molecule has 0 spiro atoms. The number of esters is 1. The van der Waals surface area contributed by atoms with Crippen molar-refractivity contribution in [1.29, 1.82) is 5.26 Å². The third kappa shape index (κ3) is 6.85. The fraction of sp³-hybridized carbons (Fsp3) is 0.417. The number of carbonyl (C=O) groups is 2. The second-order valence-corrected chi connectivity index (χ2v) is 14.7. The average Bonchev–Trinajstić information content (AvgIpc) is 3.76. The number of nitriles is 1. The van der Waals surface area contributed by atoms with Crippen LogP contribution in [0.15, 0.2) is 84.9 Å². The van der Waals surface area contributed by atoms with Gasteiger partial charge in [-0.05, 0) is 99.7 Å². The Morgan fingerprint density at radius 2 is 1.53 bits per heavy atom. The molecule has 1 aliphatic carbocycles. The molecule has 47 heavy (non-hydrogen) atoms. The third-order valence-corrected chi connectivity index (χ3v) is 11.6. The lowest BCUT2D eigenvalue weighted by Gasteiger charge is -2.42. The minimum atomic E-state index is -4.46. The molecular weight excluding hydrogens is 618 g/mol. The highest BCUT2D eigenvalue weighted by atomic mass is 32.2. The Kier molecular flexibility index (Phi) is 9.26. The quantitative estimate of drug-likeness (QED) is 0.189. The molecule has 3 atom stereocenters. The number of hydrogen-bond donors (Lipinski definition) is 1. The zero-order valence-corrected chi connectivity index (χ0v) is 27.2. The highest BCUT2D eigenvalue weighted by Crippen LogP contribution is 2.44. The molecule has 2 aliphatic heterocycles. The molecule has 3 aromatic carbocycles. The molecule has 0 bridgehead atoms. The molecule has 0 radical (unpaired) electrons. The number of para-hydroxylation sites is 2. The highest BCUT2D eigenvalue weighted by molar-refractivity contribution is 7.89. The zero-order chi connectivity index (χ0) is 33.1. The van der Waals surface area contributed by atoms with E-state index in [1.165, 1.54) is 12.1 Å². The number of nitrogens with zero attached hydrogens (tertiary/aromatic N) is 2. The molecule has 3 aliphatic rings. The Bertz CT molecular complexity index is 1720. The highest BCUT2D eigenvalue weighted by Gasteiger charge is 2.58. The van der Waals surface area contributed by atoms with Crippen LogP contribution in [-0.2, 0) is 19.7 Å². The van der Waals surface area contributed by atoms with Gasteiger partial charge in [0.15, 0.2) is 0 Å². The summed E-state index contributed by atoms with van der Waals surface area (Å²) in [5.74, 6) is 0.290. The summed E-state index contributed by atoms with van der Waals surface area (Å²) in [6.07, 6.45) is 2.70. The molecule has 10 nitrogen and oxygen atoms in total. The molecule has 1 saturated carbocycles. The molecule has 1 N–H and O–H groups in total. The fourth-order valence-corrected chi connectivity index (χ4v) is 8.32. The Balaban J connectivity index is 1.12. The van der Waals surface area contributed by atoms with E-state index in [0.717, 1.165) is 18.4 Å². The van der Waals surface area contributed by atoms with Crippen LogP contribution in [-0.4, -0.2) is 60.7 Å². The van der Waals surface area contributed by atoms with Gasteiger partial charge in [-0.25, -0.2) is 4.79 Å². The van der Waals surface area contributed by atoms with Crippen molar-refractivity contribution >= 4 is 22.0 Å². The van der Waals surface area contributed by atoms with Gasteiger partial charge in [0.1, 0.15) is 28.9 Å². The van der Waals surface area contributed by atoms with E-state index in [0.29, 0.717) is 25.3 Å². The van der Waals surface area contributed by atoms with E-state index in [1.54, 1.807) is 53.4 Å². The number of likely N-dealkylation sites (tertiary alicyclic amines) is 1. The molecule has 2 saturated heterocycles. The SMILES string of the molecule is CC1(Oc2ccc([C@@H]3CN[C@H](C(=O)N4CCC[C@H]4C#N)C3)cc2)CCC(C(=O)Oc2ccccc2)(S(=O)(=O)Oc2ccccc2)CC1. The zero-order valence-electron chi connectivity index (χ0n) is 26.3. The standard InChI is InChI=1S/C36H39N3O7S/c1-35(45-30-16-14-26(15-17-30)27-23-32(38-25-27)33(40)39-22-8-9-28(39)24-37)18-20-36(21-19-35,34(41)44-29-10-4-2-5-11-29)47(42,43)46-31-12-6-3-7-13-31/h2-7,10-17,27-28,32,38H,8-9,18-23,25H2,1H3/t27-,28-,32-,35?,36?/m0/s1. The smallest absolute Gasteiger partial charge is 0.336 e. The van der Waals surface area contributed by atoms with Gasteiger partial charge in [0.05, 0.1) is 12.1 Å². The number of hydrogen-bond acceptors (Lipinski definition) is 9. The largest absolute Gasteiger partial charge is 0.488 e. The summed E-state index contributed by atoms with van der Waals surface area (Å²) >= 11 is 0. The lowest BCUT2D eigenvalue weighted by molar-refractivity contribution is -0.139. The first kappa shape index (κ1) is 32.5. The minimum Gasteiger partial charge on any atom is -0.488 e. The Hall–Kier alpha value is -4.40. The van der Waals surface area contributed by atoms with Crippen molar-refractivity contribution in [2.24, 2.45) is 0 Å². The van der Waals surface area contributed by atoms with Crippen molar-refractivity contribution in [2.75, 3.05) is 13.1 Å². The fourth-order valence-electron chi connectivity index (χ4n) is 6.85. The second kappa shape index (κ2) is 13.4. The number of ether oxygens (including phenoxy) is 2. The van der Waals surface area contributed by atoms with Crippen LogP contribution in [0.1, 0.15) is 63.4 Å². The van der Waals surface area contributed by atoms with E-state index in [9.17, 15) is 23.3 Å². The third-order valence-electron chi connectivity index (χ3n) is 9.70. The van der Waals surface area contributed by atoms with E-state index in [4.69, 9.17) is 13.7 Å². The Morgan fingerprint density at radius 3 is 2.17 bits per heavy atom. The molecule has 3 fully saturated rings. The summed E-state index contributed by atoms with van der Waals surface area (Å²) in [7, 11) is -4.46. The number of nitrogens with one attached hydrogen (secondary N) is 1. The summed E-state index contributed by atoms with van der Waals surface area (Å²) in [6.45, 7) is 3.22. The van der Waals surface area contributed by atoms with Crippen molar-refractivity contribution < 1.29 is 31.7 Å². The van der Waals surface area contributed by atoms with Crippen LogP contribution < -0.4 is 19.0 Å². The Labute approximate surface area is 275 Å². The predicted molar refractivity (Wildman–Crippen MR) is 174 cm³/mol. The average molecular weight is 658 g/mol. The van der Waals surface area contributed by atoms with Crippen LogP contribution in [0, 0.1) is 11.3 Å². The maximum absolute atomic E-state index is 13.8. The molecule has 3 aromatic rings. The summed E-state index contributed by atoms with van der Waals surface area (Å²) in [5.41, 5.74) is 0.346. The van der Waals surface area contributed by atoms with E-state index >= 15 is 0 Å². The molecule has 1 amide bonds. The van der Waals surface area contributed by atoms with Crippen molar-refractivity contribution in [3.63, 3.8) is 0 Å². The summed E-state index contributed by atoms with van der Waals surface area (Å²) in [6, 6.07) is 25.9. The van der Waals surface area contributed by atoms with Gasteiger partial charge < -0.3 is 23.9 Å². The van der Waals surface area contributed by atoms with Gasteiger partial charge in [-0.15, -0.1) is 0 Å². The topological polar surface area (TPSA) is 135 Å². The van der Waals surface area contributed by atoms with Crippen LogP contribution in [0.2, 0.25) is 0 Å². The summed E-state index contributed by atoms with van der Waals surface area (Å²) < 4.78 is 43.2. The van der Waals surface area contributed by atoms with Crippen LogP contribution in [0.4, 0.5) is 0 Å². The lowest BCUT2D eigenvalue weighted by atomic mass is 9.79. The van der Waals surface area contributed by atoms with Crippen LogP contribution in [0.25, 0.3) is 0 Å². The molecule has 11 heteroatoms. The van der Waals surface area contributed by atoms with Crippen LogP contribution in [0.5, 0.6) is 17.2 Å². The number of carbonyl (C=O) groups excluding carboxylic acids is 2. The van der Waals surface area contributed by atoms with Gasteiger partial charge in [-0.1, -0.05) is 48.5 Å². The monoisotopic (exact) mass is 657 g/mol. The summed E-state index contributed by atoms with van der Waals surface area (Å²) in [4.78, 5) is 28.4. The van der Waals surface area contributed by atoms with Crippen LogP contribution >= 0.6 is 0 Å². The molecular formula is C36H39N3O7S. The van der Waals surface area contributed by atoms with Crippen molar-refractivity contribution in [2.45, 2.75) is 80.2 Å². The second-order valence-electron chi connectivity index (χ2n) is 12.9. The molecule has 0 aromatic heterocycles. The summed E-state index contributed by atoms with van der Waals surface area (Å²) in [5, 5.41) is 12.7. The minimum absolute atomic E-state index is 0.00151. The number of rotatable bonds is 9. The van der Waals surface area contributed by atoms with Crippen LogP contribution in [0.3, 0.4) is 0 Å². The maximum Gasteiger partial charge on any atom is 0.336 e. The predicted octanol–water partition coefficient (Wildman–Crippen LogP) is 5.11. The maximum atomic E-state index is 13.8. The molecule has 2 heterocycles. The molecule has 246 valence electrons. The van der Waals surface area contributed by atoms with Crippen molar-refractivity contribution in [3.8, 4) is 23.3 Å². The van der Waals surface area contributed by atoms with Gasteiger partial charge in [0.25, 0.3) is 0 Å². The van der Waals surface area contributed by atoms with Crippen molar-refractivity contribution in [3.05, 3.63) is 90.5 Å². The van der Waals surface area contributed by atoms with Gasteiger partial charge in [-0.3, -0.25) is 4.79 Å². The van der Waals surface area contributed by atoms with E-state index in [-0.39, 0.29) is 61.1 Å².